The van der Waals surface area contributed by atoms with Crippen molar-refractivity contribution in [3.8, 4) is 0 Å². The summed E-state index contributed by atoms with van der Waals surface area (Å²) in [5.74, 6) is 2.37. The molecule has 4 saturated heterocycles. The third kappa shape index (κ3) is 6.35. The molecule has 4 aliphatic heterocycles. The number of likely N-dealkylation sites (tertiary alicyclic amines) is 1. The lowest BCUT2D eigenvalue weighted by molar-refractivity contribution is -0.123. The zero-order chi connectivity index (χ0) is 24.7. The van der Waals surface area contributed by atoms with Crippen molar-refractivity contribution in [1.29, 1.82) is 0 Å². The zero-order valence-corrected chi connectivity index (χ0v) is 20.5. The summed E-state index contributed by atoms with van der Waals surface area (Å²) in [6.07, 6.45) is 6.57. The van der Waals surface area contributed by atoms with Crippen molar-refractivity contribution in [2.75, 3.05) is 39.1 Å². The normalized spacial score (nSPS) is 30.4. The molecule has 10 heteroatoms. The van der Waals surface area contributed by atoms with Crippen LogP contribution in [0.1, 0.15) is 31.2 Å². The Morgan fingerprint density at radius 2 is 1.56 bits per heavy atom. The fourth-order valence-electron chi connectivity index (χ4n) is 6.34. The number of hydrogen-bond donors (Lipinski definition) is 2. The Balaban J connectivity index is 0.000000492. The quantitative estimate of drug-likeness (QED) is 0.587. The molecule has 4 fully saturated rings. The highest BCUT2D eigenvalue weighted by Crippen LogP contribution is 2.49. The molecule has 5 atom stereocenters. The molecular weight excluding hydrogens is 460 g/mol. The van der Waals surface area contributed by atoms with E-state index in [2.05, 4.69) is 9.80 Å². The molecule has 2 N–H and O–H groups in total. The van der Waals surface area contributed by atoms with Gasteiger partial charge in [-0.3, -0.25) is 19.4 Å². The number of benzene rings is 1. The van der Waals surface area contributed by atoms with Crippen molar-refractivity contribution >= 4 is 22.8 Å². The van der Waals surface area contributed by atoms with E-state index >= 15 is 0 Å². The first-order valence-corrected chi connectivity index (χ1v) is 13.7. The molecule has 2 bridgehead atoms. The predicted octanol–water partition coefficient (Wildman–Crippen LogP) is 1.81. The van der Waals surface area contributed by atoms with Crippen LogP contribution in [-0.4, -0.2) is 92.6 Å². The first kappa shape index (κ1) is 26.6. The number of ether oxygens (including phenoxy) is 1. The maximum Gasteiger partial charge on any atom is 0.290 e. The molecule has 0 amide bonds. The van der Waals surface area contributed by atoms with E-state index in [4.69, 9.17) is 24.5 Å². The van der Waals surface area contributed by atoms with Gasteiger partial charge in [-0.25, -0.2) is 8.42 Å². The smallest absolute Gasteiger partial charge is 0.290 e. The van der Waals surface area contributed by atoms with Gasteiger partial charge in [0.15, 0.2) is 9.84 Å². The predicted molar refractivity (Wildman–Crippen MR) is 126 cm³/mol. The highest BCUT2D eigenvalue weighted by molar-refractivity contribution is 7.90. The van der Waals surface area contributed by atoms with Gasteiger partial charge in [0.05, 0.1) is 11.5 Å². The first-order valence-electron chi connectivity index (χ1n) is 11.8. The molecular formula is C24H36N2O7S. The van der Waals surface area contributed by atoms with E-state index in [9.17, 15) is 8.42 Å². The second kappa shape index (κ2) is 12.1. The molecule has 1 aromatic rings. The van der Waals surface area contributed by atoms with Crippen LogP contribution in [0.4, 0.5) is 0 Å². The molecule has 5 rings (SSSR count). The van der Waals surface area contributed by atoms with Crippen molar-refractivity contribution < 1.29 is 33.0 Å². The monoisotopic (exact) mass is 496 g/mol. The van der Waals surface area contributed by atoms with Crippen LogP contribution in [0.25, 0.3) is 0 Å². The number of hydrogen-bond acceptors (Lipinski definition) is 7. The summed E-state index contributed by atoms with van der Waals surface area (Å²) in [6, 6.07) is 9.01. The van der Waals surface area contributed by atoms with Gasteiger partial charge in [-0.2, -0.15) is 0 Å². The molecule has 1 unspecified atom stereocenters. The number of carbonyl (C=O) groups is 2. The van der Waals surface area contributed by atoms with Gasteiger partial charge in [-0.15, -0.1) is 0 Å². The van der Waals surface area contributed by atoms with Crippen molar-refractivity contribution in [2.45, 2.75) is 49.2 Å². The summed E-state index contributed by atoms with van der Waals surface area (Å²) in [5.41, 5.74) is 1.22. The molecule has 190 valence electrons. The van der Waals surface area contributed by atoms with Crippen LogP contribution < -0.4 is 0 Å². The highest BCUT2D eigenvalue weighted by Gasteiger charge is 2.56. The number of fused-ring (bicyclic) bond motifs is 5. The van der Waals surface area contributed by atoms with E-state index in [1.807, 2.05) is 12.1 Å². The minimum atomic E-state index is -3.11. The molecule has 0 aliphatic carbocycles. The molecule has 0 radical (unpaired) electrons. The largest absolute Gasteiger partial charge is 0.483 e. The lowest BCUT2D eigenvalue weighted by atomic mass is 9.82. The van der Waals surface area contributed by atoms with Gasteiger partial charge in [-0.05, 0) is 61.1 Å². The Bertz CT molecular complexity index is 876. The lowest BCUT2D eigenvalue weighted by Crippen LogP contribution is -2.40. The van der Waals surface area contributed by atoms with Crippen LogP contribution >= 0.6 is 0 Å². The van der Waals surface area contributed by atoms with Crippen LogP contribution in [0, 0.1) is 17.8 Å². The van der Waals surface area contributed by atoms with Crippen molar-refractivity contribution in [3.05, 3.63) is 29.8 Å². The molecule has 34 heavy (non-hydrogen) atoms. The summed E-state index contributed by atoms with van der Waals surface area (Å²) in [5, 5.41) is 13.8. The average molecular weight is 497 g/mol. The Morgan fingerprint density at radius 3 is 2.03 bits per heavy atom. The fourth-order valence-corrected chi connectivity index (χ4v) is 6.97. The van der Waals surface area contributed by atoms with Gasteiger partial charge in [0.1, 0.15) is 0 Å². The molecule has 9 nitrogen and oxygen atoms in total. The summed E-state index contributed by atoms with van der Waals surface area (Å²) in [4.78, 5) is 22.6. The second-order valence-electron chi connectivity index (χ2n) is 9.64. The Hall–Kier alpha value is -2.01. The van der Waals surface area contributed by atoms with Gasteiger partial charge in [0.2, 0.25) is 0 Å². The zero-order valence-electron chi connectivity index (χ0n) is 19.7. The van der Waals surface area contributed by atoms with Crippen molar-refractivity contribution in [1.82, 2.24) is 9.80 Å². The molecule has 0 aromatic heterocycles. The molecule has 4 aliphatic rings. The van der Waals surface area contributed by atoms with E-state index in [0.29, 0.717) is 4.90 Å². The average Bonchev–Trinajstić information content (AvgIpc) is 3.46. The van der Waals surface area contributed by atoms with Crippen LogP contribution in [0.2, 0.25) is 0 Å². The third-order valence-electron chi connectivity index (χ3n) is 7.57. The molecule has 4 heterocycles. The van der Waals surface area contributed by atoms with Crippen LogP contribution in [-0.2, 0) is 30.7 Å². The van der Waals surface area contributed by atoms with E-state index in [0.717, 1.165) is 49.6 Å². The number of nitrogens with zero attached hydrogens (tertiary/aromatic N) is 2. The topological polar surface area (TPSA) is 124 Å². The van der Waals surface area contributed by atoms with Crippen LogP contribution in [0.15, 0.2) is 29.2 Å². The van der Waals surface area contributed by atoms with Gasteiger partial charge < -0.3 is 14.9 Å². The number of sulfone groups is 1. The highest BCUT2D eigenvalue weighted by atomic mass is 32.2. The molecule has 0 spiro atoms. The number of rotatable bonds is 5. The molecule has 1 aromatic carbocycles. The van der Waals surface area contributed by atoms with Gasteiger partial charge in [-0.1, -0.05) is 12.1 Å². The van der Waals surface area contributed by atoms with Crippen LogP contribution in [0.5, 0.6) is 0 Å². The van der Waals surface area contributed by atoms with Crippen LogP contribution in [0.3, 0.4) is 0 Å². The third-order valence-corrected chi connectivity index (χ3v) is 8.70. The minimum Gasteiger partial charge on any atom is -0.483 e. The SMILES string of the molecule is CS(=O)(=O)c1ccc(CN2C[C@@H]3[C@H](C2)[C@@H]2CC[C@H]3N2CC2CCCOC2)cc1.O=CO.O=CO. The Morgan fingerprint density at radius 1 is 1.00 bits per heavy atom. The van der Waals surface area contributed by atoms with Crippen molar-refractivity contribution in [3.63, 3.8) is 0 Å². The lowest BCUT2D eigenvalue weighted by Gasteiger charge is -2.32. The van der Waals surface area contributed by atoms with Gasteiger partial charge in [0.25, 0.3) is 12.9 Å². The Kier molecular flexibility index (Phi) is 9.47. The van der Waals surface area contributed by atoms with Crippen molar-refractivity contribution in [2.24, 2.45) is 17.8 Å². The first-order chi connectivity index (χ1) is 16.3. The van der Waals surface area contributed by atoms with E-state index in [-0.39, 0.29) is 12.9 Å². The van der Waals surface area contributed by atoms with Gasteiger partial charge >= 0.3 is 0 Å². The summed E-state index contributed by atoms with van der Waals surface area (Å²) in [6.45, 7) is 5.98. The standard InChI is InChI=1S/C22H32N2O3S.2CH2O2/c1-28(25,26)18-6-4-16(5-7-18)11-23-13-19-20(14-23)22-9-8-21(19)24(22)12-17-3-2-10-27-15-17;2*2-1-3/h4-7,17,19-22H,2-3,8-15H2,1H3;2*1H,(H,2,3)/t17?,19-,20+,21-,22+;;. The number of carboxylic acid groups (broad SMARTS) is 2. The van der Waals surface area contributed by atoms with E-state index in [1.54, 1.807) is 12.1 Å². The fraction of sp³-hybridized carbons (Fsp3) is 0.667. The summed E-state index contributed by atoms with van der Waals surface area (Å²) >= 11 is 0. The second-order valence-corrected chi connectivity index (χ2v) is 11.7. The Labute approximate surface area is 201 Å². The van der Waals surface area contributed by atoms with E-state index in [1.165, 1.54) is 57.1 Å². The molecule has 0 saturated carbocycles. The summed E-state index contributed by atoms with van der Waals surface area (Å²) < 4.78 is 29.0. The minimum absolute atomic E-state index is 0.250. The van der Waals surface area contributed by atoms with E-state index < -0.39 is 9.84 Å². The maximum atomic E-state index is 11.7. The van der Waals surface area contributed by atoms with Gasteiger partial charge in [0, 0.05) is 51.1 Å². The summed E-state index contributed by atoms with van der Waals surface area (Å²) in [7, 11) is -3.11. The maximum absolute atomic E-state index is 11.7.